The van der Waals surface area contributed by atoms with Gasteiger partial charge >= 0.3 is 0 Å². The van der Waals surface area contributed by atoms with Crippen LogP contribution in [-0.4, -0.2) is 36.5 Å². The summed E-state index contributed by atoms with van der Waals surface area (Å²) in [4.78, 5) is 19.5. The topological polar surface area (TPSA) is 104 Å². The number of aromatic nitrogens is 6. The van der Waals surface area contributed by atoms with Crippen molar-refractivity contribution in [3.05, 3.63) is 63.1 Å². The molecule has 0 aromatic carbocycles. The summed E-state index contributed by atoms with van der Waals surface area (Å²) in [5, 5.41) is 16.6. The molecule has 1 aliphatic heterocycles. The second-order valence-electron chi connectivity index (χ2n) is 7.33. The molecule has 5 heterocycles. The summed E-state index contributed by atoms with van der Waals surface area (Å²) in [6.45, 7) is 7.34. The number of pyridine rings is 2. The molecule has 0 atom stereocenters. The molecule has 2 bridgehead atoms. The van der Waals surface area contributed by atoms with Crippen LogP contribution in [-0.2, 0) is 20.0 Å². The predicted octanol–water partition coefficient (Wildman–Crippen LogP) is 3.20. The van der Waals surface area contributed by atoms with Crippen LogP contribution in [0.1, 0.15) is 42.1 Å². The van der Waals surface area contributed by atoms with Gasteiger partial charge in [0.2, 0.25) is 5.56 Å². The lowest BCUT2D eigenvalue weighted by Gasteiger charge is -2.11. The van der Waals surface area contributed by atoms with Gasteiger partial charge in [0, 0.05) is 61.5 Å². The molecule has 0 spiro atoms. The fourth-order valence-corrected chi connectivity index (χ4v) is 3.83. The maximum Gasteiger partial charge on any atom is 0.248 e. The van der Waals surface area contributed by atoms with Gasteiger partial charge in [-0.2, -0.15) is 10.2 Å². The van der Waals surface area contributed by atoms with Crippen molar-refractivity contribution in [2.75, 3.05) is 6.54 Å². The van der Waals surface area contributed by atoms with Crippen LogP contribution < -0.4 is 10.9 Å². The van der Waals surface area contributed by atoms with Gasteiger partial charge in [-0.25, -0.2) is 0 Å². The highest BCUT2D eigenvalue weighted by atomic mass is 16.1. The molecule has 160 valence electrons. The molecular formula is C23H27N7O. The van der Waals surface area contributed by atoms with Crippen LogP contribution in [0.25, 0.3) is 34.3 Å². The molecule has 4 aromatic heterocycles. The van der Waals surface area contributed by atoms with Crippen molar-refractivity contribution in [3.8, 4) is 11.3 Å². The van der Waals surface area contributed by atoms with Crippen LogP contribution in [0.2, 0.25) is 0 Å². The molecule has 0 fully saturated rings. The van der Waals surface area contributed by atoms with Crippen molar-refractivity contribution in [2.45, 2.75) is 33.7 Å². The van der Waals surface area contributed by atoms with Crippen molar-refractivity contribution >= 4 is 23.1 Å². The van der Waals surface area contributed by atoms with E-state index in [4.69, 9.17) is 4.98 Å². The summed E-state index contributed by atoms with van der Waals surface area (Å²) >= 11 is 0. The fourth-order valence-electron chi connectivity index (χ4n) is 3.83. The Morgan fingerprint density at radius 2 is 2.00 bits per heavy atom. The summed E-state index contributed by atoms with van der Waals surface area (Å²) in [5.41, 5.74) is 7.14. The minimum atomic E-state index is -0.144. The lowest BCUT2D eigenvalue weighted by molar-refractivity contribution is 0.664. The monoisotopic (exact) mass is 417 g/mol. The van der Waals surface area contributed by atoms with Crippen LogP contribution in [0.4, 0.5) is 0 Å². The number of nitrogens with zero attached hydrogens (tertiary/aromatic N) is 4. The van der Waals surface area contributed by atoms with E-state index in [9.17, 15) is 4.79 Å². The highest BCUT2D eigenvalue weighted by molar-refractivity contribution is 5.93. The number of aromatic amines is 2. The van der Waals surface area contributed by atoms with Crippen LogP contribution in [0.5, 0.6) is 0 Å². The Balaban J connectivity index is 0.00000112. The van der Waals surface area contributed by atoms with Gasteiger partial charge < -0.3 is 10.3 Å². The van der Waals surface area contributed by atoms with Crippen LogP contribution in [0, 0.1) is 6.92 Å². The molecule has 0 radical (unpaired) electrons. The SMILES string of the molecule is CC.Cc1nc2cc3c([nH]nc13)/C=C/c1cn(C)nc1CCNCc1c[nH]c(=O)cc1-2. The van der Waals surface area contributed by atoms with Gasteiger partial charge in [-0.1, -0.05) is 13.8 Å². The van der Waals surface area contributed by atoms with Crippen molar-refractivity contribution in [3.63, 3.8) is 0 Å². The van der Waals surface area contributed by atoms with E-state index in [2.05, 4.69) is 31.7 Å². The van der Waals surface area contributed by atoms with E-state index in [0.29, 0.717) is 6.54 Å². The third kappa shape index (κ3) is 4.06. The molecule has 0 unspecified atom stereocenters. The first-order valence-electron chi connectivity index (χ1n) is 10.6. The lowest BCUT2D eigenvalue weighted by Crippen LogP contribution is -2.19. The average Bonchev–Trinajstić information content (AvgIpc) is 3.34. The Morgan fingerprint density at radius 1 is 1.16 bits per heavy atom. The molecule has 0 amide bonds. The molecule has 0 saturated carbocycles. The summed E-state index contributed by atoms with van der Waals surface area (Å²) in [7, 11) is 1.93. The third-order valence-corrected chi connectivity index (χ3v) is 5.25. The fraction of sp³-hybridized carbons (Fsp3) is 0.304. The van der Waals surface area contributed by atoms with Crippen molar-refractivity contribution in [1.29, 1.82) is 0 Å². The number of hydrogen-bond acceptors (Lipinski definition) is 5. The Labute approximate surface area is 180 Å². The molecule has 4 aromatic rings. The van der Waals surface area contributed by atoms with Gasteiger partial charge in [0.25, 0.3) is 0 Å². The van der Waals surface area contributed by atoms with E-state index in [0.717, 1.165) is 63.3 Å². The second-order valence-corrected chi connectivity index (χ2v) is 7.33. The van der Waals surface area contributed by atoms with Gasteiger partial charge in [0.1, 0.15) is 5.52 Å². The number of H-pyrrole nitrogens is 2. The zero-order chi connectivity index (χ0) is 22.0. The largest absolute Gasteiger partial charge is 0.329 e. The maximum atomic E-state index is 12.0. The zero-order valence-corrected chi connectivity index (χ0v) is 18.3. The average molecular weight is 418 g/mol. The maximum absolute atomic E-state index is 12.0. The van der Waals surface area contributed by atoms with Crippen molar-refractivity contribution in [1.82, 2.24) is 35.3 Å². The summed E-state index contributed by atoms with van der Waals surface area (Å²) in [5.74, 6) is 0. The lowest BCUT2D eigenvalue weighted by atomic mass is 10.0. The molecular weight excluding hydrogens is 390 g/mol. The van der Waals surface area contributed by atoms with E-state index in [1.54, 1.807) is 12.3 Å². The number of aryl methyl sites for hydroxylation is 2. The van der Waals surface area contributed by atoms with Gasteiger partial charge in [-0.3, -0.25) is 19.6 Å². The second kappa shape index (κ2) is 8.69. The van der Waals surface area contributed by atoms with Gasteiger partial charge in [-0.15, -0.1) is 0 Å². The zero-order valence-electron chi connectivity index (χ0n) is 18.3. The van der Waals surface area contributed by atoms with Crippen LogP contribution >= 0.6 is 0 Å². The van der Waals surface area contributed by atoms with E-state index >= 15 is 0 Å². The Kier molecular flexibility index (Phi) is 5.81. The van der Waals surface area contributed by atoms with E-state index in [1.807, 2.05) is 50.8 Å². The van der Waals surface area contributed by atoms with E-state index < -0.39 is 0 Å². The summed E-state index contributed by atoms with van der Waals surface area (Å²) in [6.07, 6.45) is 8.68. The Morgan fingerprint density at radius 3 is 2.84 bits per heavy atom. The summed E-state index contributed by atoms with van der Waals surface area (Å²) in [6, 6.07) is 3.61. The number of fused-ring (bicyclic) bond motifs is 4. The molecule has 3 N–H and O–H groups in total. The molecule has 0 saturated heterocycles. The van der Waals surface area contributed by atoms with Crippen LogP contribution in [0.3, 0.4) is 0 Å². The Hall–Kier alpha value is -3.52. The van der Waals surface area contributed by atoms with Gasteiger partial charge in [-0.05, 0) is 30.7 Å². The van der Waals surface area contributed by atoms with E-state index in [-0.39, 0.29) is 5.56 Å². The normalized spacial score (nSPS) is 14.3. The molecule has 8 nitrogen and oxygen atoms in total. The Bertz CT molecular complexity index is 1310. The molecule has 8 heteroatoms. The minimum Gasteiger partial charge on any atom is -0.329 e. The number of hydrogen-bond donors (Lipinski definition) is 3. The number of nitrogens with one attached hydrogen (secondary N) is 3. The first-order valence-corrected chi connectivity index (χ1v) is 10.6. The smallest absolute Gasteiger partial charge is 0.248 e. The standard InChI is InChI=1S/C21H21N7O.C2H6/c1-12-21-16-7-19(24-12)15-8-20(29)23-10-14(15)9-22-6-5-17-13(11-28(2)27-17)3-4-18(16)25-26-21;1-2/h3-4,7-8,10-11,22H,5-6,9H2,1-2H3,(H,23,29)(H,25,26);1-2H3/b4-3+;. The van der Waals surface area contributed by atoms with Gasteiger partial charge in [0.15, 0.2) is 0 Å². The van der Waals surface area contributed by atoms with Crippen LogP contribution in [0.15, 0.2) is 29.3 Å². The number of rotatable bonds is 0. The van der Waals surface area contributed by atoms with Gasteiger partial charge in [0.05, 0.1) is 22.8 Å². The summed E-state index contributed by atoms with van der Waals surface area (Å²) < 4.78 is 1.84. The minimum absolute atomic E-state index is 0.144. The predicted molar refractivity (Wildman–Crippen MR) is 124 cm³/mol. The van der Waals surface area contributed by atoms with Crippen molar-refractivity contribution in [2.24, 2.45) is 7.05 Å². The highest BCUT2D eigenvalue weighted by Crippen LogP contribution is 2.28. The molecule has 1 aliphatic rings. The first-order chi connectivity index (χ1) is 15.1. The first kappa shape index (κ1) is 20.7. The quantitative estimate of drug-likeness (QED) is 0.408. The molecule has 0 aliphatic carbocycles. The molecule has 5 rings (SSSR count). The molecule has 31 heavy (non-hydrogen) atoms. The van der Waals surface area contributed by atoms with Crippen molar-refractivity contribution < 1.29 is 0 Å². The van der Waals surface area contributed by atoms with E-state index in [1.165, 1.54) is 0 Å². The highest BCUT2D eigenvalue weighted by Gasteiger charge is 2.15. The third-order valence-electron chi connectivity index (χ3n) is 5.25.